The number of nitrogens with zero attached hydrogens (tertiary/aromatic N) is 3. The first-order valence-electron chi connectivity index (χ1n) is 11.2. The molecule has 1 amide bonds. The molecule has 2 aromatic carbocycles. The van der Waals surface area contributed by atoms with E-state index in [0.29, 0.717) is 42.7 Å². The number of amides is 1. The fourth-order valence-electron chi connectivity index (χ4n) is 4.03. The molecule has 0 aliphatic carbocycles. The fraction of sp³-hybridized carbons (Fsp3) is 0.400. The van der Waals surface area contributed by atoms with Crippen molar-refractivity contribution >= 4 is 22.6 Å². The van der Waals surface area contributed by atoms with Crippen LogP contribution in [-0.4, -0.2) is 64.0 Å². The van der Waals surface area contributed by atoms with Crippen LogP contribution in [0.15, 0.2) is 30.3 Å². The fourth-order valence-corrected chi connectivity index (χ4v) is 4.03. The number of ether oxygens (including phenoxy) is 1. The maximum Gasteiger partial charge on any atom is 0.258 e. The molecule has 0 atom stereocenters. The van der Waals surface area contributed by atoms with Crippen molar-refractivity contribution in [2.24, 2.45) is 5.92 Å². The van der Waals surface area contributed by atoms with Crippen LogP contribution >= 0.6 is 0 Å². The number of carbonyl (C=O) groups excluding carboxylic acids is 2. The number of ketones is 1. The van der Waals surface area contributed by atoms with Crippen LogP contribution in [0.2, 0.25) is 0 Å². The number of aromatic amines is 1. The Labute approximate surface area is 193 Å². The molecule has 0 spiro atoms. The molecule has 174 valence electrons. The molecule has 1 aliphatic heterocycles. The highest BCUT2D eigenvalue weighted by molar-refractivity contribution is 6.09. The van der Waals surface area contributed by atoms with Gasteiger partial charge in [-0.3, -0.25) is 14.7 Å². The highest BCUT2D eigenvalue weighted by Crippen LogP contribution is 2.32. The number of fused-ring (bicyclic) bond motifs is 2. The number of rotatable bonds is 8. The summed E-state index contributed by atoms with van der Waals surface area (Å²) < 4.78 is 5.82. The zero-order chi connectivity index (χ0) is 23.7. The molecule has 3 aromatic rings. The lowest BCUT2D eigenvalue weighted by atomic mass is 10.0. The van der Waals surface area contributed by atoms with Crippen molar-refractivity contribution in [1.82, 2.24) is 20.0 Å². The molecule has 0 saturated carbocycles. The summed E-state index contributed by atoms with van der Waals surface area (Å²) in [7, 11) is 3.99. The molecule has 0 unspecified atom stereocenters. The summed E-state index contributed by atoms with van der Waals surface area (Å²) in [6, 6.07) is 8.91. The molecule has 8 nitrogen and oxygen atoms in total. The van der Waals surface area contributed by atoms with Gasteiger partial charge in [0.05, 0.1) is 11.1 Å². The molecule has 1 aliphatic rings. The van der Waals surface area contributed by atoms with E-state index in [1.165, 1.54) is 6.07 Å². The molecular formula is C25H30N4O4. The second-order valence-electron chi connectivity index (χ2n) is 9.25. The van der Waals surface area contributed by atoms with Gasteiger partial charge in [-0.05, 0) is 49.3 Å². The lowest BCUT2D eigenvalue weighted by Gasteiger charge is -2.16. The van der Waals surface area contributed by atoms with Crippen molar-refractivity contribution < 1.29 is 19.4 Å². The lowest BCUT2D eigenvalue weighted by molar-refractivity contribution is 0.0748. The normalized spacial score (nSPS) is 13.2. The largest absolute Gasteiger partial charge is 0.507 e. The summed E-state index contributed by atoms with van der Waals surface area (Å²) in [5.74, 6) is 0.464. The van der Waals surface area contributed by atoms with Crippen LogP contribution in [0.25, 0.3) is 10.9 Å². The second-order valence-corrected chi connectivity index (χ2v) is 9.25. The van der Waals surface area contributed by atoms with E-state index < -0.39 is 0 Å². The zero-order valence-electron chi connectivity index (χ0n) is 19.5. The smallest absolute Gasteiger partial charge is 0.258 e. The molecule has 8 heteroatoms. The summed E-state index contributed by atoms with van der Waals surface area (Å²) in [5.41, 5.74) is 3.08. The van der Waals surface area contributed by atoms with Gasteiger partial charge in [-0.1, -0.05) is 19.9 Å². The van der Waals surface area contributed by atoms with E-state index in [4.69, 9.17) is 4.74 Å². The van der Waals surface area contributed by atoms with Gasteiger partial charge in [-0.25, -0.2) is 0 Å². The van der Waals surface area contributed by atoms with Gasteiger partial charge in [-0.2, -0.15) is 5.10 Å². The first-order valence-corrected chi connectivity index (χ1v) is 11.2. The number of nitrogens with one attached hydrogen (secondary N) is 1. The number of likely N-dealkylation sites (N-methyl/N-ethyl adjacent to an activating group) is 1. The number of benzene rings is 2. The predicted molar refractivity (Wildman–Crippen MR) is 126 cm³/mol. The number of carbonyl (C=O) groups is 2. The topological polar surface area (TPSA) is 98.8 Å². The third kappa shape index (κ3) is 4.85. The van der Waals surface area contributed by atoms with Gasteiger partial charge < -0.3 is 19.6 Å². The first kappa shape index (κ1) is 22.8. The molecular weight excluding hydrogens is 420 g/mol. The Kier molecular flexibility index (Phi) is 6.37. The molecule has 4 rings (SSSR count). The number of hydrogen-bond donors (Lipinski definition) is 2. The number of Topliss-reactive ketones (excluding diaryl/α,β-unsaturated/α-hetero) is 1. The van der Waals surface area contributed by atoms with Crippen LogP contribution in [0.1, 0.15) is 52.2 Å². The minimum atomic E-state index is -0.288. The van der Waals surface area contributed by atoms with Gasteiger partial charge in [0.2, 0.25) is 0 Å². The van der Waals surface area contributed by atoms with Crippen molar-refractivity contribution in [3.8, 4) is 11.5 Å². The third-order valence-corrected chi connectivity index (χ3v) is 5.76. The Balaban J connectivity index is 1.54. The second kappa shape index (κ2) is 9.23. The van der Waals surface area contributed by atoms with E-state index in [1.807, 2.05) is 46.1 Å². The average molecular weight is 451 g/mol. The van der Waals surface area contributed by atoms with Crippen LogP contribution in [0.4, 0.5) is 0 Å². The van der Waals surface area contributed by atoms with Crippen LogP contribution in [0.3, 0.4) is 0 Å². The Morgan fingerprint density at radius 3 is 2.67 bits per heavy atom. The number of hydrogen-bond acceptors (Lipinski definition) is 6. The minimum absolute atomic E-state index is 0.0873. The molecule has 2 heterocycles. The van der Waals surface area contributed by atoms with Crippen molar-refractivity contribution in [3.63, 3.8) is 0 Å². The van der Waals surface area contributed by atoms with Gasteiger partial charge in [-0.15, -0.1) is 0 Å². The Morgan fingerprint density at radius 1 is 1.18 bits per heavy atom. The van der Waals surface area contributed by atoms with E-state index in [-0.39, 0.29) is 28.9 Å². The van der Waals surface area contributed by atoms with E-state index in [2.05, 4.69) is 15.1 Å². The highest BCUT2D eigenvalue weighted by Gasteiger charge is 2.28. The number of aromatic nitrogens is 2. The van der Waals surface area contributed by atoms with Crippen molar-refractivity contribution in [2.75, 3.05) is 27.2 Å². The highest BCUT2D eigenvalue weighted by atomic mass is 16.5. The number of H-pyrrole nitrogens is 1. The summed E-state index contributed by atoms with van der Waals surface area (Å²) >= 11 is 0. The van der Waals surface area contributed by atoms with Gasteiger partial charge in [0.1, 0.15) is 23.8 Å². The molecule has 33 heavy (non-hydrogen) atoms. The molecule has 2 N–H and O–H groups in total. The van der Waals surface area contributed by atoms with Gasteiger partial charge in [0.25, 0.3) is 5.91 Å². The SMILES string of the molecule is CC(C)CC(=O)c1n[nH]c2cc(O)c(C(=O)N3Cc4ccc(OCCN(C)C)cc4C3)cc12. The summed E-state index contributed by atoms with van der Waals surface area (Å²) in [6.45, 7) is 6.23. The molecule has 0 fully saturated rings. The van der Waals surface area contributed by atoms with Crippen LogP contribution < -0.4 is 4.74 Å². The maximum atomic E-state index is 13.3. The monoisotopic (exact) mass is 450 g/mol. The first-order chi connectivity index (χ1) is 15.7. The van der Waals surface area contributed by atoms with Crippen LogP contribution in [0, 0.1) is 5.92 Å². The molecule has 0 bridgehead atoms. The number of phenolic OH excluding ortho intramolecular Hbond substituents is 1. The summed E-state index contributed by atoms with van der Waals surface area (Å²) in [5, 5.41) is 18.0. The Morgan fingerprint density at radius 2 is 1.94 bits per heavy atom. The Hall–Kier alpha value is -3.39. The molecule has 0 radical (unpaired) electrons. The minimum Gasteiger partial charge on any atom is -0.507 e. The van der Waals surface area contributed by atoms with Crippen LogP contribution in [-0.2, 0) is 13.1 Å². The molecule has 0 saturated heterocycles. The average Bonchev–Trinajstić information content (AvgIpc) is 3.35. The zero-order valence-corrected chi connectivity index (χ0v) is 19.5. The number of aromatic hydroxyl groups is 1. The Bertz CT molecular complexity index is 1200. The molecule has 1 aromatic heterocycles. The number of phenols is 1. The summed E-state index contributed by atoms with van der Waals surface area (Å²) in [6.07, 6.45) is 0.366. The van der Waals surface area contributed by atoms with Gasteiger partial charge in [0, 0.05) is 37.5 Å². The summed E-state index contributed by atoms with van der Waals surface area (Å²) in [4.78, 5) is 29.6. The third-order valence-electron chi connectivity index (χ3n) is 5.76. The predicted octanol–water partition coefficient (Wildman–Crippen LogP) is 3.59. The lowest BCUT2D eigenvalue weighted by Crippen LogP contribution is -2.25. The van der Waals surface area contributed by atoms with E-state index >= 15 is 0 Å². The van der Waals surface area contributed by atoms with Gasteiger partial charge >= 0.3 is 0 Å². The standard InChI is InChI=1S/C25H30N4O4/c1-15(2)9-23(31)24-19-11-20(22(30)12-21(19)26-27-24)25(32)29-13-16-5-6-18(10-17(16)14-29)33-8-7-28(3)4/h5-6,10-12,15,30H,7-9,13-14H2,1-4H3,(H,26,27). The quantitative estimate of drug-likeness (QED) is 0.509. The van der Waals surface area contributed by atoms with Crippen molar-refractivity contribution in [1.29, 1.82) is 0 Å². The maximum absolute atomic E-state index is 13.3. The van der Waals surface area contributed by atoms with Crippen LogP contribution in [0.5, 0.6) is 11.5 Å². The van der Waals surface area contributed by atoms with E-state index in [0.717, 1.165) is 23.4 Å². The van der Waals surface area contributed by atoms with E-state index in [1.54, 1.807) is 11.0 Å². The van der Waals surface area contributed by atoms with Gasteiger partial charge in [0.15, 0.2) is 5.78 Å². The van der Waals surface area contributed by atoms with E-state index in [9.17, 15) is 14.7 Å². The van der Waals surface area contributed by atoms with Crippen molar-refractivity contribution in [2.45, 2.75) is 33.4 Å². The van der Waals surface area contributed by atoms with Crippen molar-refractivity contribution in [3.05, 3.63) is 52.7 Å².